The Morgan fingerprint density at radius 3 is 2.38 bits per heavy atom. The van der Waals surface area contributed by atoms with Crippen molar-refractivity contribution in [3.05, 3.63) is 0 Å². The molecular weight excluding hydrogens is 100 g/mol. The summed E-state index contributed by atoms with van der Waals surface area (Å²) in [5.74, 6) is 1.58. The molecule has 0 aromatic carbocycles. The lowest BCUT2D eigenvalue weighted by molar-refractivity contribution is 0.572. The molecule has 0 aliphatic heterocycles. The lowest BCUT2D eigenvalue weighted by atomic mass is 10.2. The van der Waals surface area contributed by atoms with E-state index in [0.29, 0.717) is 6.54 Å². The van der Waals surface area contributed by atoms with Gasteiger partial charge >= 0.3 is 0 Å². The van der Waals surface area contributed by atoms with Crippen LogP contribution in [0.3, 0.4) is 0 Å². The predicted molar refractivity (Wildman–Crippen MR) is 34.3 cm³/mol. The van der Waals surface area contributed by atoms with Crippen LogP contribution in [0.1, 0.15) is 13.3 Å². The van der Waals surface area contributed by atoms with Crippen LogP contribution in [0.5, 0.6) is 0 Å². The Hall–Kier alpha value is -0.0800. The van der Waals surface area contributed by atoms with Crippen molar-refractivity contribution >= 4 is 0 Å². The van der Waals surface area contributed by atoms with Gasteiger partial charge in [0.25, 0.3) is 0 Å². The van der Waals surface area contributed by atoms with Crippen molar-refractivity contribution in [1.29, 1.82) is 0 Å². The molecule has 3 atom stereocenters. The third-order valence-corrected chi connectivity index (χ3v) is 1.99. The number of nitrogens with two attached hydrogens (primary N) is 2. The van der Waals surface area contributed by atoms with Crippen molar-refractivity contribution in [2.45, 2.75) is 19.4 Å². The van der Waals surface area contributed by atoms with Crippen molar-refractivity contribution in [3.63, 3.8) is 0 Å². The van der Waals surface area contributed by atoms with Crippen molar-refractivity contribution in [3.8, 4) is 0 Å². The molecule has 48 valence electrons. The molecule has 0 aromatic rings. The fraction of sp³-hybridized carbons (Fsp3) is 1.00. The minimum Gasteiger partial charge on any atom is -0.329 e. The highest BCUT2D eigenvalue weighted by atomic mass is 14.8. The van der Waals surface area contributed by atoms with Crippen LogP contribution in [0.4, 0.5) is 0 Å². The SMILES string of the molecule is CC1CC1C(N)CN. The average molecular weight is 114 g/mol. The summed E-state index contributed by atoms with van der Waals surface area (Å²) in [5, 5.41) is 0. The van der Waals surface area contributed by atoms with Crippen LogP contribution in [0.25, 0.3) is 0 Å². The van der Waals surface area contributed by atoms with Gasteiger partial charge in [-0.05, 0) is 18.3 Å². The molecule has 1 fully saturated rings. The molecule has 0 saturated heterocycles. The van der Waals surface area contributed by atoms with Gasteiger partial charge in [-0.3, -0.25) is 0 Å². The van der Waals surface area contributed by atoms with Gasteiger partial charge in [-0.15, -0.1) is 0 Å². The lowest BCUT2D eigenvalue weighted by Gasteiger charge is -2.04. The molecule has 8 heavy (non-hydrogen) atoms. The van der Waals surface area contributed by atoms with E-state index in [1.54, 1.807) is 0 Å². The maximum atomic E-state index is 5.64. The standard InChI is InChI=1S/C6H14N2/c1-4-2-5(4)6(8)3-7/h4-6H,2-3,7-8H2,1H3. The van der Waals surface area contributed by atoms with E-state index in [0.717, 1.165) is 11.8 Å². The molecule has 2 nitrogen and oxygen atoms in total. The molecule has 1 aliphatic carbocycles. The molecule has 4 N–H and O–H groups in total. The van der Waals surface area contributed by atoms with E-state index < -0.39 is 0 Å². The fourth-order valence-electron chi connectivity index (χ4n) is 1.12. The Kier molecular flexibility index (Phi) is 1.54. The fourth-order valence-corrected chi connectivity index (χ4v) is 1.12. The number of hydrogen-bond acceptors (Lipinski definition) is 2. The Labute approximate surface area is 50.2 Å². The highest BCUT2D eigenvalue weighted by Gasteiger charge is 2.36. The molecule has 1 aliphatic rings. The van der Waals surface area contributed by atoms with Crippen molar-refractivity contribution in [2.24, 2.45) is 23.3 Å². The molecule has 0 radical (unpaired) electrons. The molecular formula is C6H14N2. The maximum Gasteiger partial charge on any atom is 0.0194 e. The van der Waals surface area contributed by atoms with Gasteiger partial charge in [0.2, 0.25) is 0 Å². The third kappa shape index (κ3) is 1.01. The van der Waals surface area contributed by atoms with Crippen LogP contribution in [0.2, 0.25) is 0 Å². The monoisotopic (exact) mass is 114 g/mol. The predicted octanol–water partition coefficient (Wildman–Crippen LogP) is -0.0716. The summed E-state index contributed by atoms with van der Waals surface area (Å²) >= 11 is 0. The summed E-state index contributed by atoms with van der Waals surface area (Å²) in [5.41, 5.74) is 11.0. The summed E-state index contributed by atoms with van der Waals surface area (Å²) < 4.78 is 0. The van der Waals surface area contributed by atoms with Gasteiger partial charge in [0, 0.05) is 12.6 Å². The first-order valence-corrected chi connectivity index (χ1v) is 3.21. The minimum atomic E-state index is 0.269. The van der Waals surface area contributed by atoms with Crippen LogP contribution < -0.4 is 11.5 Å². The van der Waals surface area contributed by atoms with E-state index in [1.807, 2.05) is 0 Å². The van der Waals surface area contributed by atoms with Crippen LogP contribution in [0.15, 0.2) is 0 Å². The molecule has 0 amide bonds. The summed E-state index contributed by atoms with van der Waals surface area (Å²) in [6, 6.07) is 0.269. The van der Waals surface area contributed by atoms with Crippen molar-refractivity contribution < 1.29 is 0 Å². The van der Waals surface area contributed by atoms with E-state index in [4.69, 9.17) is 11.5 Å². The second-order valence-electron chi connectivity index (χ2n) is 2.78. The average Bonchev–Trinajstić information content (AvgIpc) is 2.45. The molecule has 0 aromatic heterocycles. The van der Waals surface area contributed by atoms with Crippen LogP contribution in [-0.2, 0) is 0 Å². The van der Waals surface area contributed by atoms with E-state index in [1.165, 1.54) is 6.42 Å². The zero-order chi connectivity index (χ0) is 6.15. The van der Waals surface area contributed by atoms with Gasteiger partial charge in [-0.1, -0.05) is 6.92 Å². The Morgan fingerprint density at radius 1 is 1.75 bits per heavy atom. The first-order valence-electron chi connectivity index (χ1n) is 3.21. The molecule has 0 bridgehead atoms. The van der Waals surface area contributed by atoms with E-state index >= 15 is 0 Å². The molecule has 0 heterocycles. The van der Waals surface area contributed by atoms with E-state index in [2.05, 4.69) is 6.92 Å². The largest absolute Gasteiger partial charge is 0.329 e. The van der Waals surface area contributed by atoms with E-state index in [9.17, 15) is 0 Å². The van der Waals surface area contributed by atoms with Crippen molar-refractivity contribution in [1.82, 2.24) is 0 Å². The summed E-state index contributed by atoms with van der Waals surface area (Å²) in [6.45, 7) is 2.87. The summed E-state index contributed by atoms with van der Waals surface area (Å²) in [6.07, 6.45) is 1.29. The number of hydrogen-bond donors (Lipinski definition) is 2. The minimum absolute atomic E-state index is 0.269. The first-order chi connectivity index (χ1) is 3.75. The lowest BCUT2D eigenvalue weighted by Crippen LogP contribution is -2.32. The Bertz CT molecular complexity index is 80.6. The quantitative estimate of drug-likeness (QED) is 0.528. The van der Waals surface area contributed by atoms with Gasteiger partial charge in [-0.25, -0.2) is 0 Å². The normalized spacial score (nSPS) is 39.4. The summed E-state index contributed by atoms with van der Waals surface area (Å²) in [4.78, 5) is 0. The van der Waals surface area contributed by atoms with Crippen molar-refractivity contribution in [2.75, 3.05) is 6.54 Å². The van der Waals surface area contributed by atoms with Crippen LogP contribution in [-0.4, -0.2) is 12.6 Å². The Morgan fingerprint density at radius 2 is 2.25 bits per heavy atom. The highest BCUT2D eigenvalue weighted by Crippen LogP contribution is 2.39. The molecule has 2 heteroatoms. The smallest absolute Gasteiger partial charge is 0.0194 e. The zero-order valence-electron chi connectivity index (χ0n) is 5.30. The molecule has 1 saturated carbocycles. The first kappa shape index (κ1) is 6.05. The Balaban J connectivity index is 2.18. The summed E-state index contributed by atoms with van der Waals surface area (Å²) in [7, 11) is 0. The van der Waals surface area contributed by atoms with Gasteiger partial charge in [-0.2, -0.15) is 0 Å². The second kappa shape index (κ2) is 2.03. The van der Waals surface area contributed by atoms with Crippen LogP contribution in [0, 0.1) is 11.8 Å². The molecule has 3 unspecified atom stereocenters. The highest BCUT2D eigenvalue weighted by molar-refractivity contribution is 4.90. The van der Waals surface area contributed by atoms with E-state index in [-0.39, 0.29) is 6.04 Å². The molecule has 1 rings (SSSR count). The second-order valence-corrected chi connectivity index (χ2v) is 2.78. The van der Waals surface area contributed by atoms with Gasteiger partial charge in [0.15, 0.2) is 0 Å². The molecule has 0 spiro atoms. The van der Waals surface area contributed by atoms with Gasteiger partial charge in [0.05, 0.1) is 0 Å². The zero-order valence-corrected chi connectivity index (χ0v) is 5.30. The maximum absolute atomic E-state index is 5.64. The van der Waals surface area contributed by atoms with Gasteiger partial charge in [0.1, 0.15) is 0 Å². The van der Waals surface area contributed by atoms with Gasteiger partial charge < -0.3 is 11.5 Å². The van der Waals surface area contributed by atoms with Crippen LogP contribution >= 0.6 is 0 Å². The third-order valence-electron chi connectivity index (χ3n) is 1.99. The topological polar surface area (TPSA) is 52.0 Å². The number of rotatable bonds is 2.